The third-order valence-corrected chi connectivity index (χ3v) is 6.44. The van der Waals surface area contributed by atoms with E-state index in [-0.39, 0.29) is 30.4 Å². The van der Waals surface area contributed by atoms with E-state index < -0.39 is 54.3 Å². The van der Waals surface area contributed by atoms with Crippen LogP contribution in [0, 0.1) is 5.92 Å². The summed E-state index contributed by atoms with van der Waals surface area (Å²) in [6.07, 6.45) is 1.23. The number of carboxylic acid groups (broad SMARTS) is 2. The lowest BCUT2D eigenvalue weighted by Gasteiger charge is -2.28. The summed E-state index contributed by atoms with van der Waals surface area (Å²) in [5, 5.41) is 38.7. The van der Waals surface area contributed by atoms with Gasteiger partial charge in [-0.3, -0.25) is 19.2 Å². The minimum Gasteiger partial charge on any atom is -0.508 e. The summed E-state index contributed by atoms with van der Waals surface area (Å²) in [5.41, 5.74) is 0.579. The molecule has 2 rings (SSSR count). The number of rotatable bonds is 14. The predicted molar refractivity (Wildman–Crippen MR) is 133 cm³/mol. The zero-order valence-electron chi connectivity index (χ0n) is 21.0. The number of benzene rings is 1. The van der Waals surface area contributed by atoms with Gasteiger partial charge in [-0.1, -0.05) is 32.4 Å². The van der Waals surface area contributed by atoms with Crippen LogP contribution in [0.1, 0.15) is 51.5 Å². The summed E-state index contributed by atoms with van der Waals surface area (Å²) in [4.78, 5) is 61.6. The van der Waals surface area contributed by atoms with Gasteiger partial charge < -0.3 is 36.6 Å². The Morgan fingerprint density at radius 3 is 2.19 bits per heavy atom. The van der Waals surface area contributed by atoms with E-state index in [1.807, 2.05) is 6.92 Å². The maximum absolute atomic E-state index is 13.3. The minimum atomic E-state index is -1.47. The Morgan fingerprint density at radius 2 is 1.65 bits per heavy atom. The third kappa shape index (κ3) is 9.37. The maximum Gasteiger partial charge on any atom is 0.326 e. The molecule has 0 radical (unpaired) electrons. The number of aliphatic carboxylic acids is 2. The molecular formula is C25H36N4O8. The molecule has 1 aromatic carbocycles. The molecule has 37 heavy (non-hydrogen) atoms. The molecule has 1 aromatic rings. The highest BCUT2D eigenvalue weighted by molar-refractivity contribution is 5.94. The van der Waals surface area contributed by atoms with Crippen molar-refractivity contribution in [3.05, 3.63) is 29.8 Å². The highest BCUT2D eigenvalue weighted by Crippen LogP contribution is 2.14. The number of hydrogen-bond acceptors (Lipinski definition) is 7. The Hall–Kier alpha value is -3.67. The number of phenolic OH excluding ortho intramolecular Hbond substituents is 1. The van der Waals surface area contributed by atoms with Crippen molar-refractivity contribution >= 4 is 29.7 Å². The number of carbonyl (C=O) groups is 5. The summed E-state index contributed by atoms with van der Waals surface area (Å²) in [5.74, 6) is -4.59. The Balaban J connectivity index is 2.23. The first kappa shape index (κ1) is 29.6. The number of nitrogens with one attached hydrogen (secondary N) is 4. The summed E-state index contributed by atoms with van der Waals surface area (Å²) >= 11 is 0. The van der Waals surface area contributed by atoms with Crippen molar-refractivity contribution in [2.75, 3.05) is 6.54 Å². The van der Waals surface area contributed by atoms with Gasteiger partial charge in [0.2, 0.25) is 17.7 Å². The second kappa shape index (κ2) is 14.2. The van der Waals surface area contributed by atoms with E-state index in [2.05, 4.69) is 21.3 Å². The van der Waals surface area contributed by atoms with Crippen molar-refractivity contribution in [2.45, 2.75) is 76.5 Å². The van der Waals surface area contributed by atoms with Crippen molar-refractivity contribution < 1.29 is 39.3 Å². The van der Waals surface area contributed by atoms with E-state index in [9.17, 15) is 34.2 Å². The average Bonchev–Trinajstić information content (AvgIpc) is 3.40. The molecule has 1 saturated heterocycles. The summed E-state index contributed by atoms with van der Waals surface area (Å²) in [6, 6.07) is 1.91. The fraction of sp³-hybridized carbons (Fsp3) is 0.560. The summed E-state index contributed by atoms with van der Waals surface area (Å²) in [6.45, 7) is 4.37. The number of carbonyl (C=O) groups excluding carboxylic acids is 3. The van der Waals surface area contributed by atoms with Gasteiger partial charge in [-0.05, 0) is 49.4 Å². The highest BCUT2D eigenvalue weighted by Gasteiger charge is 2.33. The quantitative estimate of drug-likeness (QED) is 0.178. The number of amides is 3. The van der Waals surface area contributed by atoms with Crippen LogP contribution in [-0.4, -0.2) is 75.7 Å². The van der Waals surface area contributed by atoms with Crippen LogP contribution in [0.5, 0.6) is 5.75 Å². The number of carboxylic acids is 2. The van der Waals surface area contributed by atoms with Crippen LogP contribution in [0.4, 0.5) is 0 Å². The van der Waals surface area contributed by atoms with E-state index in [0.29, 0.717) is 24.9 Å². The van der Waals surface area contributed by atoms with Gasteiger partial charge in [0.1, 0.15) is 23.9 Å². The van der Waals surface area contributed by atoms with Crippen LogP contribution < -0.4 is 21.3 Å². The van der Waals surface area contributed by atoms with Gasteiger partial charge >= 0.3 is 11.9 Å². The first-order valence-electron chi connectivity index (χ1n) is 12.4. The molecule has 5 atom stereocenters. The molecule has 0 saturated carbocycles. The Bertz CT molecular complexity index is 962. The fourth-order valence-electron chi connectivity index (χ4n) is 4.00. The van der Waals surface area contributed by atoms with Crippen molar-refractivity contribution in [3.8, 4) is 5.75 Å². The SMILES string of the molecule is CCC(C)C(NC(=O)C1CCCN1)C(=O)NC(Cc1ccc(O)cc1)C(=O)NC(CCC(=O)O)C(=O)O. The van der Waals surface area contributed by atoms with Crippen molar-refractivity contribution in [3.63, 3.8) is 0 Å². The Kier molecular flexibility index (Phi) is 11.3. The van der Waals surface area contributed by atoms with Gasteiger partial charge in [0.25, 0.3) is 0 Å². The maximum atomic E-state index is 13.3. The molecule has 1 aliphatic rings. The smallest absolute Gasteiger partial charge is 0.326 e. The zero-order chi connectivity index (χ0) is 27.5. The molecule has 12 nitrogen and oxygen atoms in total. The van der Waals surface area contributed by atoms with Crippen LogP contribution in [0.25, 0.3) is 0 Å². The second-order valence-electron chi connectivity index (χ2n) is 9.28. The summed E-state index contributed by atoms with van der Waals surface area (Å²) < 4.78 is 0. The van der Waals surface area contributed by atoms with Crippen LogP contribution in [0.2, 0.25) is 0 Å². The van der Waals surface area contributed by atoms with Gasteiger partial charge in [-0.15, -0.1) is 0 Å². The average molecular weight is 521 g/mol. The summed E-state index contributed by atoms with van der Waals surface area (Å²) in [7, 11) is 0. The largest absolute Gasteiger partial charge is 0.508 e. The molecule has 204 valence electrons. The monoisotopic (exact) mass is 520 g/mol. The van der Waals surface area contributed by atoms with Gasteiger partial charge in [0, 0.05) is 12.8 Å². The van der Waals surface area contributed by atoms with E-state index in [0.717, 1.165) is 6.42 Å². The van der Waals surface area contributed by atoms with E-state index in [1.165, 1.54) is 12.1 Å². The highest BCUT2D eigenvalue weighted by atomic mass is 16.4. The molecule has 0 aromatic heterocycles. The zero-order valence-corrected chi connectivity index (χ0v) is 21.0. The van der Waals surface area contributed by atoms with Crippen LogP contribution in [0.3, 0.4) is 0 Å². The minimum absolute atomic E-state index is 0.00784. The molecule has 3 amide bonds. The van der Waals surface area contributed by atoms with Crippen molar-refractivity contribution in [2.24, 2.45) is 5.92 Å². The Morgan fingerprint density at radius 1 is 1.00 bits per heavy atom. The predicted octanol–water partition coefficient (Wildman–Crippen LogP) is 0.137. The molecule has 7 N–H and O–H groups in total. The van der Waals surface area contributed by atoms with Gasteiger partial charge in [-0.25, -0.2) is 4.79 Å². The molecule has 0 spiro atoms. The van der Waals surface area contributed by atoms with Crippen LogP contribution in [0.15, 0.2) is 24.3 Å². The fourth-order valence-corrected chi connectivity index (χ4v) is 4.00. The van der Waals surface area contributed by atoms with Crippen molar-refractivity contribution in [1.82, 2.24) is 21.3 Å². The Labute approximate surface area is 215 Å². The van der Waals surface area contributed by atoms with Crippen molar-refractivity contribution in [1.29, 1.82) is 0 Å². The lowest BCUT2D eigenvalue weighted by molar-refractivity contribution is -0.143. The molecule has 5 unspecified atom stereocenters. The molecular weight excluding hydrogens is 484 g/mol. The topological polar surface area (TPSA) is 194 Å². The molecule has 12 heteroatoms. The molecule has 0 aliphatic carbocycles. The molecule has 1 aliphatic heterocycles. The lowest BCUT2D eigenvalue weighted by Crippen LogP contribution is -2.59. The number of aromatic hydroxyl groups is 1. The second-order valence-corrected chi connectivity index (χ2v) is 9.28. The first-order valence-corrected chi connectivity index (χ1v) is 12.4. The van der Waals surface area contributed by atoms with Crippen LogP contribution in [-0.2, 0) is 30.4 Å². The van der Waals surface area contributed by atoms with E-state index >= 15 is 0 Å². The normalized spacial score (nSPS) is 18.2. The van der Waals surface area contributed by atoms with Crippen LogP contribution >= 0.6 is 0 Å². The standard InChI is InChI=1S/C25H36N4O8/c1-3-14(2)21(29-22(33)17-5-4-12-26-17)24(35)28-19(13-15-6-8-16(30)9-7-15)23(34)27-18(25(36)37)10-11-20(31)32/h6-9,14,17-19,21,26,30H,3-5,10-13H2,1-2H3,(H,27,34)(H,28,35)(H,29,33)(H,31,32)(H,36,37). The van der Waals surface area contributed by atoms with Gasteiger partial charge in [0.05, 0.1) is 6.04 Å². The lowest BCUT2D eigenvalue weighted by atomic mass is 9.96. The van der Waals surface area contributed by atoms with E-state index in [1.54, 1.807) is 19.1 Å². The molecule has 1 fully saturated rings. The first-order chi connectivity index (χ1) is 17.5. The third-order valence-electron chi connectivity index (χ3n) is 6.44. The molecule has 0 bridgehead atoms. The van der Waals surface area contributed by atoms with Gasteiger partial charge in [0.15, 0.2) is 0 Å². The molecule has 1 heterocycles. The van der Waals surface area contributed by atoms with E-state index in [4.69, 9.17) is 5.11 Å². The van der Waals surface area contributed by atoms with Gasteiger partial charge in [-0.2, -0.15) is 0 Å². The number of hydrogen-bond donors (Lipinski definition) is 7. The number of phenols is 1.